The van der Waals surface area contributed by atoms with Gasteiger partial charge in [-0.1, -0.05) is 17.4 Å². The zero-order valence-corrected chi connectivity index (χ0v) is 21.1. The lowest BCUT2D eigenvalue weighted by molar-refractivity contribution is -0.189. The molecule has 194 valence electrons. The number of halogens is 3. The highest BCUT2D eigenvalue weighted by atomic mass is 32.1. The number of piperidine rings is 1. The number of nitrogens with one attached hydrogen (secondary N) is 1. The molecule has 0 saturated carbocycles. The minimum absolute atomic E-state index is 0.201. The fourth-order valence-electron chi connectivity index (χ4n) is 4.35. The molecule has 0 unspecified atom stereocenters. The van der Waals surface area contributed by atoms with Crippen molar-refractivity contribution >= 4 is 32.8 Å². The second kappa shape index (κ2) is 9.71. The number of aromatic nitrogens is 5. The maximum Gasteiger partial charge on any atom is 0.491 e. The van der Waals surface area contributed by atoms with Crippen LogP contribution < -0.4 is 9.64 Å². The van der Waals surface area contributed by atoms with Gasteiger partial charge in [0.2, 0.25) is 0 Å². The van der Waals surface area contributed by atoms with Crippen LogP contribution in [-0.4, -0.2) is 75.1 Å². The molecule has 4 aromatic rings. The smallest absolute Gasteiger partial charge is 0.419 e. The summed E-state index contributed by atoms with van der Waals surface area (Å²) in [6.45, 7) is 3.20. The summed E-state index contributed by atoms with van der Waals surface area (Å²) in [6.07, 6.45) is -0.0353. The SMILES string of the molecule is C[C@H]1C[C@@H](N(C)c2nc3nnc(-c4ccc(-c5cn[nH]c5)cc4OC(=O)C(F)(F)F)cc3s2)CCN1C. The lowest BCUT2D eigenvalue weighted by atomic mass is 9.98. The van der Waals surface area contributed by atoms with Gasteiger partial charge in [-0.05, 0) is 50.6 Å². The molecule has 0 radical (unpaired) electrons. The van der Waals surface area contributed by atoms with E-state index in [0.29, 0.717) is 28.9 Å². The van der Waals surface area contributed by atoms with Crippen molar-refractivity contribution in [2.45, 2.75) is 38.0 Å². The van der Waals surface area contributed by atoms with Crippen LogP contribution in [0.15, 0.2) is 36.7 Å². The molecule has 0 spiro atoms. The highest BCUT2D eigenvalue weighted by molar-refractivity contribution is 7.22. The van der Waals surface area contributed by atoms with Crippen LogP contribution in [0.3, 0.4) is 0 Å². The third kappa shape index (κ3) is 5.14. The van der Waals surface area contributed by atoms with E-state index in [0.717, 1.165) is 29.2 Å². The van der Waals surface area contributed by atoms with Crippen LogP contribution in [0.25, 0.3) is 32.7 Å². The zero-order valence-electron chi connectivity index (χ0n) is 20.3. The summed E-state index contributed by atoms with van der Waals surface area (Å²) >= 11 is 1.43. The van der Waals surface area contributed by atoms with Crippen LogP contribution in [0.4, 0.5) is 18.3 Å². The number of benzene rings is 1. The molecule has 2 atom stereocenters. The topological polar surface area (TPSA) is 100 Å². The van der Waals surface area contributed by atoms with E-state index in [1.54, 1.807) is 24.4 Å². The second-order valence-corrected chi connectivity index (χ2v) is 10.1. The van der Waals surface area contributed by atoms with Crippen molar-refractivity contribution in [2.24, 2.45) is 0 Å². The number of likely N-dealkylation sites (tertiary alicyclic amines) is 1. The summed E-state index contributed by atoms with van der Waals surface area (Å²) < 4.78 is 44.5. The van der Waals surface area contributed by atoms with Gasteiger partial charge in [-0.25, -0.2) is 4.79 Å². The molecule has 1 fully saturated rings. The predicted octanol–water partition coefficient (Wildman–Crippen LogP) is 4.53. The van der Waals surface area contributed by atoms with E-state index < -0.39 is 12.1 Å². The van der Waals surface area contributed by atoms with E-state index in [1.165, 1.54) is 23.6 Å². The van der Waals surface area contributed by atoms with Gasteiger partial charge in [0.1, 0.15) is 5.75 Å². The Morgan fingerprint density at radius 1 is 1.24 bits per heavy atom. The first-order chi connectivity index (χ1) is 17.6. The molecular formula is C24H24F3N7O2S. The second-order valence-electron chi connectivity index (χ2n) is 9.12. The van der Waals surface area contributed by atoms with Crippen LogP contribution in [-0.2, 0) is 4.79 Å². The number of ether oxygens (including phenoxy) is 1. The van der Waals surface area contributed by atoms with Crippen LogP contribution >= 0.6 is 11.3 Å². The highest BCUT2D eigenvalue weighted by Crippen LogP contribution is 2.37. The molecule has 1 N–H and O–H groups in total. The summed E-state index contributed by atoms with van der Waals surface area (Å²) in [7, 11) is 4.13. The maximum atomic E-state index is 13.0. The molecule has 37 heavy (non-hydrogen) atoms. The van der Waals surface area contributed by atoms with Gasteiger partial charge in [0.25, 0.3) is 0 Å². The normalized spacial score (nSPS) is 18.8. The number of aromatic amines is 1. The molecule has 1 aromatic carbocycles. The number of nitrogens with zero attached hydrogens (tertiary/aromatic N) is 6. The van der Waals surface area contributed by atoms with Crippen molar-refractivity contribution < 1.29 is 22.7 Å². The molecule has 3 aromatic heterocycles. The van der Waals surface area contributed by atoms with Gasteiger partial charge in [0, 0.05) is 43.0 Å². The monoisotopic (exact) mass is 531 g/mol. The molecule has 1 aliphatic rings. The molecule has 5 rings (SSSR count). The number of thiazole rings is 1. The number of esters is 1. The average molecular weight is 532 g/mol. The number of H-pyrrole nitrogens is 1. The van der Waals surface area contributed by atoms with Gasteiger partial charge in [0.15, 0.2) is 10.8 Å². The third-order valence-corrected chi connectivity index (χ3v) is 7.78. The average Bonchev–Trinajstić information content (AvgIpc) is 3.54. The summed E-state index contributed by atoms with van der Waals surface area (Å²) in [5.74, 6) is -2.60. The van der Waals surface area contributed by atoms with Gasteiger partial charge in [-0.3, -0.25) is 5.10 Å². The van der Waals surface area contributed by atoms with Crippen molar-refractivity contribution in [3.05, 3.63) is 36.7 Å². The van der Waals surface area contributed by atoms with Crippen LogP contribution in [0.1, 0.15) is 19.8 Å². The largest absolute Gasteiger partial charge is 0.491 e. The first-order valence-corrected chi connectivity index (χ1v) is 12.4. The van der Waals surface area contributed by atoms with Gasteiger partial charge >= 0.3 is 12.1 Å². The molecule has 0 amide bonds. The number of fused-ring (bicyclic) bond motifs is 1. The Labute approximate surface area is 214 Å². The van der Waals surface area contributed by atoms with Crippen molar-refractivity contribution in [2.75, 3.05) is 25.5 Å². The number of carbonyl (C=O) groups excluding carboxylic acids is 1. The summed E-state index contributed by atoms with van der Waals surface area (Å²) in [4.78, 5) is 20.8. The van der Waals surface area contributed by atoms with E-state index in [-0.39, 0.29) is 17.0 Å². The number of rotatable bonds is 5. The standard InChI is InChI=1S/C24H24F3N7O2S/c1-13-8-16(6-7-33(13)2)34(3)23-30-21-20(37-23)10-18(31-32-21)17-5-4-14(15-11-28-29-12-15)9-19(17)36-22(35)24(25,26)27/h4-5,9-13,16H,6-8H2,1-3H3,(H,28,29)/t13-,16-/m0/s1. The Morgan fingerprint density at radius 2 is 2.05 bits per heavy atom. The van der Waals surface area contributed by atoms with Crippen molar-refractivity contribution in [3.8, 4) is 28.1 Å². The molecule has 1 saturated heterocycles. The third-order valence-electron chi connectivity index (χ3n) is 6.70. The van der Waals surface area contributed by atoms with E-state index in [1.807, 2.05) is 7.05 Å². The Balaban J connectivity index is 1.48. The Morgan fingerprint density at radius 3 is 2.76 bits per heavy atom. The first-order valence-electron chi connectivity index (χ1n) is 11.6. The van der Waals surface area contributed by atoms with Crippen LogP contribution in [0.5, 0.6) is 5.75 Å². The fourth-order valence-corrected chi connectivity index (χ4v) is 5.32. The minimum atomic E-state index is -5.15. The summed E-state index contributed by atoms with van der Waals surface area (Å²) in [5.41, 5.74) is 2.05. The number of anilines is 1. The number of carbonyl (C=O) groups is 1. The molecule has 4 heterocycles. The van der Waals surface area contributed by atoms with Crippen LogP contribution in [0.2, 0.25) is 0 Å². The van der Waals surface area contributed by atoms with Gasteiger partial charge in [-0.15, -0.1) is 10.2 Å². The quantitative estimate of drug-likeness (QED) is 0.296. The van der Waals surface area contributed by atoms with E-state index in [2.05, 4.69) is 49.1 Å². The van der Waals surface area contributed by atoms with Crippen molar-refractivity contribution in [1.82, 2.24) is 30.3 Å². The number of alkyl halides is 3. The Hall–Kier alpha value is -3.58. The Kier molecular flexibility index (Phi) is 6.58. The molecule has 9 nitrogen and oxygen atoms in total. The molecule has 13 heteroatoms. The van der Waals surface area contributed by atoms with E-state index in [9.17, 15) is 18.0 Å². The van der Waals surface area contributed by atoms with E-state index in [4.69, 9.17) is 4.74 Å². The first kappa shape index (κ1) is 25.1. The highest BCUT2D eigenvalue weighted by Gasteiger charge is 2.42. The zero-order chi connectivity index (χ0) is 26.3. The predicted molar refractivity (Wildman–Crippen MR) is 133 cm³/mol. The number of hydrogen-bond donors (Lipinski definition) is 1. The van der Waals surface area contributed by atoms with Crippen molar-refractivity contribution in [3.63, 3.8) is 0 Å². The maximum absolute atomic E-state index is 13.0. The number of hydrogen-bond acceptors (Lipinski definition) is 9. The summed E-state index contributed by atoms with van der Waals surface area (Å²) in [5, 5.41) is 15.7. The Bertz CT molecular complexity index is 1420. The van der Waals surface area contributed by atoms with Crippen molar-refractivity contribution in [1.29, 1.82) is 0 Å². The van der Waals surface area contributed by atoms with Gasteiger partial charge < -0.3 is 14.5 Å². The van der Waals surface area contributed by atoms with Gasteiger partial charge in [-0.2, -0.15) is 23.3 Å². The molecule has 0 bridgehead atoms. The minimum Gasteiger partial charge on any atom is -0.419 e. The lowest BCUT2D eigenvalue weighted by Crippen LogP contribution is -2.46. The van der Waals surface area contributed by atoms with E-state index >= 15 is 0 Å². The fraction of sp³-hybridized carbons (Fsp3) is 0.375. The molecular weight excluding hydrogens is 507 g/mol. The molecule has 1 aliphatic heterocycles. The van der Waals surface area contributed by atoms with Gasteiger partial charge in [0.05, 0.1) is 16.6 Å². The summed E-state index contributed by atoms with van der Waals surface area (Å²) in [6, 6.07) is 7.08. The molecule has 0 aliphatic carbocycles. The lowest BCUT2D eigenvalue weighted by Gasteiger charge is -2.39. The van der Waals surface area contributed by atoms with Crippen LogP contribution in [0, 0.1) is 0 Å².